The van der Waals surface area contributed by atoms with Gasteiger partial charge in [-0.1, -0.05) is 30.3 Å². The van der Waals surface area contributed by atoms with Gasteiger partial charge < -0.3 is 0 Å². The van der Waals surface area contributed by atoms with E-state index < -0.39 is 0 Å². The maximum atomic E-state index is 5.11. The maximum absolute atomic E-state index is 5.11. The van der Waals surface area contributed by atoms with Gasteiger partial charge in [-0.15, -0.1) is 0 Å². The minimum absolute atomic E-state index is 1.02. The van der Waals surface area contributed by atoms with E-state index in [9.17, 15) is 0 Å². The molecule has 0 bridgehead atoms. The summed E-state index contributed by atoms with van der Waals surface area (Å²) in [5, 5.41) is 0. The second-order valence-electron chi connectivity index (χ2n) is 1.64. The highest BCUT2D eigenvalue weighted by Gasteiger charge is 1.79. The number of rotatable bonds is 1. The molecule has 0 N–H and O–H groups in total. The SMILES string of the molecule is ClN=Cc1ccccc1. The molecule has 0 fully saturated rings. The van der Waals surface area contributed by atoms with Crippen molar-refractivity contribution in [3.8, 4) is 0 Å². The second-order valence-corrected chi connectivity index (χ2v) is 1.83. The van der Waals surface area contributed by atoms with Crippen molar-refractivity contribution in [2.75, 3.05) is 0 Å². The lowest BCUT2D eigenvalue weighted by atomic mass is 10.2. The lowest BCUT2D eigenvalue weighted by Gasteiger charge is -1.85. The highest BCUT2D eigenvalue weighted by atomic mass is 35.5. The Hall–Kier alpha value is -0.820. The summed E-state index contributed by atoms with van der Waals surface area (Å²) in [7, 11) is 0. The van der Waals surface area contributed by atoms with E-state index in [4.69, 9.17) is 11.8 Å². The van der Waals surface area contributed by atoms with Gasteiger partial charge in [-0.3, -0.25) is 0 Å². The van der Waals surface area contributed by atoms with Gasteiger partial charge >= 0.3 is 0 Å². The molecule has 0 spiro atoms. The first-order valence-electron chi connectivity index (χ1n) is 2.63. The third-order valence-corrected chi connectivity index (χ3v) is 1.10. The summed E-state index contributed by atoms with van der Waals surface area (Å²) < 4.78 is 3.35. The molecule has 0 unspecified atom stereocenters. The molecule has 0 aromatic heterocycles. The van der Waals surface area contributed by atoms with E-state index >= 15 is 0 Å². The van der Waals surface area contributed by atoms with Crippen molar-refractivity contribution in [1.29, 1.82) is 0 Å². The number of halogens is 1. The quantitative estimate of drug-likeness (QED) is 0.530. The summed E-state index contributed by atoms with van der Waals surface area (Å²) >= 11 is 5.11. The molecule has 0 aliphatic heterocycles. The molecule has 2 heteroatoms. The van der Waals surface area contributed by atoms with Crippen LogP contribution in [0.5, 0.6) is 0 Å². The topological polar surface area (TPSA) is 12.4 Å². The van der Waals surface area contributed by atoms with Gasteiger partial charge in [0.2, 0.25) is 0 Å². The number of benzene rings is 1. The van der Waals surface area contributed by atoms with Crippen LogP contribution in [0.25, 0.3) is 0 Å². The molecule has 9 heavy (non-hydrogen) atoms. The van der Waals surface area contributed by atoms with Crippen molar-refractivity contribution >= 4 is 18.0 Å². The molecule has 0 amide bonds. The largest absolute Gasteiger partial charge is 0.185 e. The van der Waals surface area contributed by atoms with E-state index in [1.54, 1.807) is 6.21 Å². The van der Waals surface area contributed by atoms with E-state index in [1.165, 1.54) is 0 Å². The van der Waals surface area contributed by atoms with Gasteiger partial charge in [-0.25, -0.2) is 0 Å². The van der Waals surface area contributed by atoms with Gasteiger partial charge in [-0.2, -0.15) is 4.51 Å². The molecule has 0 heterocycles. The van der Waals surface area contributed by atoms with Crippen LogP contribution in [0.2, 0.25) is 0 Å². The zero-order valence-electron chi connectivity index (χ0n) is 4.79. The lowest BCUT2D eigenvalue weighted by Crippen LogP contribution is -1.74. The Morgan fingerprint density at radius 3 is 2.44 bits per heavy atom. The molecular weight excluding hydrogens is 134 g/mol. The van der Waals surface area contributed by atoms with E-state index in [1.807, 2.05) is 30.3 Å². The Labute approximate surface area is 59.1 Å². The number of hydrogen-bond donors (Lipinski definition) is 0. The van der Waals surface area contributed by atoms with Crippen LogP contribution in [-0.2, 0) is 0 Å². The Morgan fingerprint density at radius 1 is 1.22 bits per heavy atom. The number of hydrogen-bond acceptors (Lipinski definition) is 1. The van der Waals surface area contributed by atoms with Crippen LogP contribution < -0.4 is 0 Å². The van der Waals surface area contributed by atoms with Crippen LogP contribution in [0.3, 0.4) is 0 Å². The maximum Gasteiger partial charge on any atom is 0.0487 e. The van der Waals surface area contributed by atoms with Gasteiger partial charge in [0.25, 0.3) is 0 Å². The summed E-state index contributed by atoms with van der Waals surface area (Å²) in [6.45, 7) is 0. The van der Waals surface area contributed by atoms with Crippen LogP contribution in [0.1, 0.15) is 5.56 Å². The first-order chi connectivity index (χ1) is 4.43. The van der Waals surface area contributed by atoms with Gasteiger partial charge in [0.05, 0.1) is 0 Å². The van der Waals surface area contributed by atoms with E-state index in [2.05, 4.69) is 4.51 Å². The Morgan fingerprint density at radius 2 is 1.89 bits per heavy atom. The second kappa shape index (κ2) is 3.25. The predicted molar refractivity (Wildman–Crippen MR) is 39.9 cm³/mol. The lowest BCUT2D eigenvalue weighted by molar-refractivity contribution is 1.67. The molecule has 0 aliphatic carbocycles. The van der Waals surface area contributed by atoms with Crippen molar-refractivity contribution in [3.63, 3.8) is 0 Å². The smallest absolute Gasteiger partial charge is 0.0487 e. The molecular formula is C7H6ClN. The van der Waals surface area contributed by atoms with Gasteiger partial charge in [-0.05, 0) is 5.56 Å². The molecule has 1 nitrogen and oxygen atoms in total. The first-order valence-corrected chi connectivity index (χ1v) is 2.96. The van der Waals surface area contributed by atoms with Gasteiger partial charge in [0.15, 0.2) is 0 Å². The zero-order valence-corrected chi connectivity index (χ0v) is 5.55. The van der Waals surface area contributed by atoms with Crippen LogP contribution in [0, 0.1) is 0 Å². The highest BCUT2D eigenvalue weighted by molar-refractivity contribution is 6.18. The molecule has 1 aromatic rings. The average Bonchev–Trinajstić information content (AvgIpc) is 1.91. The standard InChI is InChI=1S/C7H6ClN/c8-9-6-7-4-2-1-3-5-7/h1-6H. The van der Waals surface area contributed by atoms with Crippen LogP contribution in [0.4, 0.5) is 0 Å². The van der Waals surface area contributed by atoms with Crippen LogP contribution in [0.15, 0.2) is 34.8 Å². The Balaban J connectivity index is 2.85. The summed E-state index contributed by atoms with van der Waals surface area (Å²) in [5.74, 6) is 0. The Bertz CT molecular complexity index is 193. The average molecular weight is 140 g/mol. The minimum atomic E-state index is 1.02. The summed E-state index contributed by atoms with van der Waals surface area (Å²) in [6.07, 6.45) is 1.60. The Kier molecular flexibility index (Phi) is 2.28. The van der Waals surface area contributed by atoms with Gasteiger partial charge in [0.1, 0.15) is 0 Å². The third-order valence-electron chi connectivity index (χ3n) is 0.997. The normalized spacial score (nSPS) is 10.3. The molecule has 0 atom stereocenters. The summed E-state index contributed by atoms with van der Waals surface area (Å²) in [4.78, 5) is 0. The molecule has 1 rings (SSSR count). The van der Waals surface area contributed by atoms with Crippen LogP contribution >= 0.6 is 11.8 Å². The van der Waals surface area contributed by atoms with E-state index in [-0.39, 0.29) is 0 Å². The fourth-order valence-electron chi connectivity index (χ4n) is 0.595. The molecule has 0 saturated carbocycles. The fourth-order valence-corrected chi connectivity index (χ4v) is 0.708. The van der Waals surface area contributed by atoms with Crippen molar-refractivity contribution < 1.29 is 0 Å². The molecule has 46 valence electrons. The highest BCUT2D eigenvalue weighted by Crippen LogP contribution is 1.93. The molecule has 1 aromatic carbocycles. The number of nitrogens with zero attached hydrogens (tertiary/aromatic N) is 1. The molecule has 0 radical (unpaired) electrons. The van der Waals surface area contributed by atoms with Crippen molar-refractivity contribution in [3.05, 3.63) is 35.9 Å². The van der Waals surface area contributed by atoms with Crippen molar-refractivity contribution in [1.82, 2.24) is 0 Å². The molecule has 0 aliphatic rings. The van der Waals surface area contributed by atoms with Crippen molar-refractivity contribution in [2.24, 2.45) is 4.51 Å². The summed E-state index contributed by atoms with van der Waals surface area (Å²) in [5.41, 5.74) is 1.02. The zero-order chi connectivity index (χ0) is 6.53. The fraction of sp³-hybridized carbons (Fsp3) is 0. The monoisotopic (exact) mass is 139 g/mol. The minimum Gasteiger partial charge on any atom is -0.185 e. The third kappa shape index (κ3) is 1.86. The van der Waals surface area contributed by atoms with E-state index in [0.29, 0.717) is 0 Å². The predicted octanol–water partition coefficient (Wildman–Crippen LogP) is 2.26. The van der Waals surface area contributed by atoms with Crippen LogP contribution in [-0.4, -0.2) is 6.21 Å². The first kappa shape index (κ1) is 6.30. The van der Waals surface area contributed by atoms with Gasteiger partial charge in [0, 0.05) is 18.0 Å². The van der Waals surface area contributed by atoms with E-state index in [0.717, 1.165) is 5.56 Å². The van der Waals surface area contributed by atoms with Crippen molar-refractivity contribution in [2.45, 2.75) is 0 Å². The summed E-state index contributed by atoms with van der Waals surface area (Å²) in [6, 6.07) is 9.70. The molecule has 0 saturated heterocycles.